The normalized spacial score (nSPS) is 12.0. The van der Waals surface area contributed by atoms with Crippen LogP contribution in [0.2, 0.25) is 5.02 Å². The molecule has 112 valence electrons. The van der Waals surface area contributed by atoms with Crippen LogP contribution in [-0.2, 0) is 13.6 Å². The Kier molecular flexibility index (Phi) is 3.86. The Balaban J connectivity index is 2.07. The first-order chi connectivity index (χ1) is 10.6. The quantitative estimate of drug-likeness (QED) is 0.685. The summed E-state index contributed by atoms with van der Waals surface area (Å²) >= 11 is 5.87. The summed E-state index contributed by atoms with van der Waals surface area (Å²) in [7, 11) is 3.69. The number of ketones is 1. The number of hydrogen-bond donors (Lipinski definition) is 0. The van der Waals surface area contributed by atoms with Gasteiger partial charge in [-0.05, 0) is 36.4 Å². The van der Waals surface area contributed by atoms with Crippen molar-refractivity contribution in [1.29, 1.82) is 0 Å². The molecule has 0 fully saturated rings. The Labute approximate surface area is 133 Å². The molecular formula is C17H16ClN3O. The molecule has 5 heteroatoms. The summed E-state index contributed by atoms with van der Waals surface area (Å²) in [6, 6.07) is 14.9. The van der Waals surface area contributed by atoms with Crippen molar-refractivity contribution < 1.29 is 4.79 Å². The number of hydrogen-bond acceptors (Lipinski definition) is 2. The maximum absolute atomic E-state index is 12.5. The molecule has 0 bridgehead atoms. The zero-order valence-corrected chi connectivity index (χ0v) is 13.2. The van der Waals surface area contributed by atoms with Crippen LogP contribution in [0, 0.1) is 0 Å². The van der Waals surface area contributed by atoms with E-state index in [2.05, 4.69) is 4.99 Å². The largest absolute Gasteiger partial charge is 0.313 e. The van der Waals surface area contributed by atoms with Crippen LogP contribution in [-0.4, -0.2) is 22.0 Å². The number of rotatable bonds is 3. The monoisotopic (exact) mass is 313 g/mol. The summed E-state index contributed by atoms with van der Waals surface area (Å²) in [6.07, 6.45) is 0. The second-order valence-electron chi connectivity index (χ2n) is 5.09. The number of nitrogens with zero attached hydrogens (tertiary/aromatic N) is 3. The van der Waals surface area contributed by atoms with Crippen LogP contribution in [0.1, 0.15) is 10.4 Å². The number of carbonyl (C=O) groups is 1. The molecule has 3 aromatic rings. The molecule has 0 spiro atoms. The standard InChI is InChI=1S/C17H16ClN3O/c1-19-17-20(2)14-5-3-4-6-15(14)21(17)11-16(22)12-7-9-13(18)10-8-12/h3-10H,11H2,1-2H3/b19-17-. The van der Waals surface area contributed by atoms with Crippen LogP contribution in [0.25, 0.3) is 11.0 Å². The van der Waals surface area contributed by atoms with Crippen LogP contribution in [0.3, 0.4) is 0 Å². The summed E-state index contributed by atoms with van der Waals surface area (Å²) in [6.45, 7) is 0.246. The molecule has 0 saturated carbocycles. The fourth-order valence-corrected chi connectivity index (χ4v) is 2.80. The molecule has 22 heavy (non-hydrogen) atoms. The molecule has 1 aromatic heterocycles. The van der Waals surface area contributed by atoms with Gasteiger partial charge in [0, 0.05) is 24.7 Å². The van der Waals surface area contributed by atoms with E-state index in [1.54, 1.807) is 31.3 Å². The first-order valence-electron chi connectivity index (χ1n) is 6.97. The zero-order valence-electron chi connectivity index (χ0n) is 12.5. The third-order valence-electron chi connectivity index (χ3n) is 3.74. The number of para-hydroxylation sites is 2. The van der Waals surface area contributed by atoms with E-state index in [0.29, 0.717) is 10.6 Å². The predicted molar refractivity (Wildman–Crippen MR) is 88.2 cm³/mol. The van der Waals surface area contributed by atoms with Crippen LogP contribution < -0.4 is 5.62 Å². The minimum absolute atomic E-state index is 0.0305. The third kappa shape index (κ3) is 2.46. The van der Waals surface area contributed by atoms with E-state index in [0.717, 1.165) is 16.7 Å². The highest BCUT2D eigenvalue weighted by molar-refractivity contribution is 6.30. The highest BCUT2D eigenvalue weighted by atomic mass is 35.5. The average molecular weight is 314 g/mol. The Hall–Kier alpha value is -2.33. The van der Waals surface area contributed by atoms with Gasteiger partial charge in [0.25, 0.3) is 0 Å². The SMILES string of the molecule is C/N=c1/n(C)c2ccccc2n1CC(=O)c1ccc(Cl)cc1. The molecule has 0 unspecified atom stereocenters. The lowest BCUT2D eigenvalue weighted by atomic mass is 10.1. The number of carbonyl (C=O) groups excluding carboxylic acids is 1. The lowest BCUT2D eigenvalue weighted by Crippen LogP contribution is -2.27. The second-order valence-corrected chi connectivity index (χ2v) is 5.52. The van der Waals surface area contributed by atoms with E-state index >= 15 is 0 Å². The van der Waals surface area contributed by atoms with Gasteiger partial charge >= 0.3 is 0 Å². The van der Waals surface area contributed by atoms with Crippen molar-refractivity contribution in [3.05, 3.63) is 64.7 Å². The number of aryl methyl sites for hydroxylation is 1. The van der Waals surface area contributed by atoms with Gasteiger partial charge in [-0.1, -0.05) is 23.7 Å². The fraction of sp³-hybridized carbons (Fsp3) is 0.176. The summed E-state index contributed by atoms with van der Waals surface area (Å²) in [5.74, 6) is 0.0305. The molecule has 3 rings (SSSR count). The minimum atomic E-state index is 0.0305. The summed E-state index contributed by atoms with van der Waals surface area (Å²) < 4.78 is 3.93. The van der Waals surface area contributed by atoms with Gasteiger partial charge in [0.2, 0.25) is 5.62 Å². The molecule has 1 heterocycles. The van der Waals surface area contributed by atoms with E-state index in [4.69, 9.17) is 11.6 Å². The van der Waals surface area contributed by atoms with Gasteiger partial charge in [-0.25, -0.2) is 0 Å². The number of imidazole rings is 1. The number of aromatic nitrogens is 2. The lowest BCUT2D eigenvalue weighted by molar-refractivity contribution is 0.0972. The van der Waals surface area contributed by atoms with E-state index in [1.165, 1.54) is 0 Å². The summed E-state index contributed by atoms with van der Waals surface area (Å²) in [5, 5.41) is 0.624. The molecule has 0 atom stereocenters. The molecule has 0 aliphatic rings. The van der Waals surface area contributed by atoms with Gasteiger partial charge in [-0.15, -0.1) is 0 Å². The van der Waals surface area contributed by atoms with Crippen molar-refractivity contribution in [1.82, 2.24) is 9.13 Å². The van der Waals surface area contributed by atoms with Crippen molar-refractivity contribution in [3.63, 3.8) is 0 Å². The molecule has 0 amide bonds. The predicted octanol–water partition coefficient (Wildman–Crippen LogP) is 3.05. The maximum Gasteiger partial charge on any atom is 0.205 e. The first-order valence-corrected chi connectivity index (χ1v) is 7.35. The zero-order chi connectivity index (χ0) is 15.7. The van der Waals surface area contributed by atoms with Crippen molar-refractivity contribution in [2.45, 2.75) is 6.54 Å². The maximum atomic E-state index is 12.5. The highest BCUT2D eigenvalue weighted by Crippen LogP contribution is 2.14. The van der Waals surface area contributed by atoms with Gasteiger partial charge < -0.3 is 9.13 Å². The highest BCUT2D eigenvalue weighted by Gasteiger charge is 2.13. The van der Waals surface area contributed by atoms with Gasteiger partial charge in [-0.3, -0.25) is 9.79 Å². The molecule has 0 radical (unpaired) electrons. The molecule has 0 aliphatic carbocycles. The first kappa shape index (κ1) is 14.6. The Morgan fingerprint density at radius 2 is 1.73 bits per heavy atom. The fourth-order valence-electron chi connectivity index (χ4n) is 2.67. The number of benzene rings is 2. The van der Waals surface area contributed by atoms with Gasteiger partial charge in [-0.2, -0.15) is 0 Å². The summed E-state index contributed by atoms with van der Waals surface area (Å²) in [5.41, 5.74) is 3.45. The van der Waals surface area contributed by atoms with E-state index in [9.17, 15) is 4.79 Å². The van der Waals surface area contributed by atoms with Crippen molar-refractivity contribution >= 4 is 28.4 Å². The van der Waals surface area contributed by atoms with E-state index < -0.39 is 0 Å². The summed E-state index contributed by atoms with van der Waals surface area (Å²) in [4.78, 5) is 16.9. The third-order valence-corrected chi connectivity index (χ3v) is 4.00. The average Bonchev–Trinajstić information content (AvgIpc) is 2.80. The molecule has 0 saturated heterocycles. The Morgan fingerprint density at radius 1 is 1.09 bits per heavy atom. The topological polar surface area (TPSA) is 39.3 Å². The lowest BCUT2D eigenvalue weighted by Gasteiger charge is -2.05. The number of Topliss-reactive ketones (excluding diaryl/α,β-unsaturated/α-hetero) is 1. The van der Waals surface area contributed by atoms with E-state index in [-0.39, 0.29) is 12.3 Å². The van der Waals surface area contributed by atoms with Crippen molar-refractivity contribution in [2.75, 3.05) is 7.05 Å². The number of fused-ring (bicyclic) bond motifs is 1. The van der Waals surface area contributed by atoms with Crippen LogP contribution in [0.5, 0.6) is 0 Å². The van der Waals surface area contributed by atoms with Crippen molar-refractivity contribution in [2.24, 2.45) is 12.0 Å². The molecule has 4 nitrogen and oxygen atoms in total. The molecule has 2 aromatic carbocycles. The smallest absolute Gasteiger partial charge is 0.205 e. The van der Waals surface area contributed by atoms with Gasteiger partial charge in [0.1, 0.15) is 0 Å². The van der Waals surface area contributed by atoms with Crippen molar-refractivity contribution in [3.8, 4) is 0 Å². The van der Waals surface area contributed by atoms with Gasteiger partial charge in [0.05, 0.1) is 17.6 Å². The van der Waals surface area contributed by atoms with Crippen LogP contribution >= 0.6 is 11.6 Å². The van der Waals surface area contributed by atoms with E-state index in [1.807, 2.05) is 40.4 Å². The van der Waals surface area contributed by atoms with Gasteiger partial charge in [0.15, 0.2) is 5.78 Å². The Morgan fingerprint density at radius 3 is 2.36 bits per heavy atom. The second kappa shape index (κ2) is 5.81. The van der Waals surface area contributed by atoms with Crippen LogP contribution in [0.4, 0.5) is 0 Å². The molecule has 0 aliphatic heterocycles. The minimum Gasteiger partial charge on any atom is -0.313 e. The Bertz CT molecular complexity index is 904. The van der Waals surface area contributed by atoms with Crippen LogP contribution in [0.15, 0.2) is 53.5 Å². The molecular weight excluding hydrogens is 298 g/mol. The molecule has 0 N–H and O–H groups in total. The number of halogens is 1.